The first kappa shape index (κ1) is 9.75. The molecule has 0 radical (unpaired) electrons. The fourth-order valence-corrected chi connectivity index (χ4v) is 2.26. The molecule has 0 aliphatic heterocycles. The van der Waals surface area contributed by atoms with Crippen LogP contribution in [0.3, 0.4) is 0 Å². The summed E-state index contributed by atoms with van der Waals surface area (Å²) in [4.78, 5) is 0. The van der Waals surface area contributed by atoms with Crippen molar-refractivity contribution >= 4 is 13.3 Å². The minimum Gasteiger partial charge on any atom is -0.394 e. The summed E-state index contributed by atoms with van der Waals surface area (Å²) in [6.45, 7) is 0.0837. The monoisotopic (exact) mass is 189 g/mol. The largest absolute Gasteiger partial charge is 0.394 e. The molecule has 3 N–H and O–H groups in total. The van der Waals surface area contributed by atoms with Gasteiger partial charge >= 0.3 is 0 Å². The lowest BCUT2D eigenvalue weighted by Gasteiger charge is -2.33. The molecule has 2 nitrogen and oxygen atoms in total. The van der Waals surface area contributed by atoms with E-state index in [1.165, 1.54) is 16.6 Å². The predicted molar refractivity (Wildman–Crippen MR) is 60.6 cm³/mol. The number of hydrogen-bond acceptors (Lipinski definition) is 2. The van der Waals surface area contributed by atoms with Crippen LogP contribution in [0.1, 0.15) is 17.5 Å². The first-order valence-corrected chi connectivity index (χ1v) is 5.12. The molecule has 0 bridgehead atoms. The first-order chi connectivity index (χ1) is 6.64. The molecule has 1 aliphatic rings. The molecule has 3 heteroatoms. The smallest absolute Gasteiger partial charge is 0.139 e. The van der Waals surface area contributed by atoms with E-state index in [0.717, 1.165) is 19.3 Å². The van der Waals surface area contributed by atoms with Gasteiger partial charge in [0.2, 0.25) is 0 Å². The average Bonchev–Trinajstić information content (AvgIpc) is 2.18. The summed E-state index contributed by atoms with van der Waals surface area (Å²) < 4.78 is 0. The minimum absolute atomic E-state index is 0.0837. The number of rotatable bonds is 1. The van der Waals surface area contributed by atoms with E-state index < -0.39 is 0 Å². The lowest BCUT2D eigenvalue weighted by Crippen LogP contribution is -2.49. The standard InChI is InChI=1S/C11H16BNO/c12-10-3-1-2-8-6-11(13,7-14)5-4-9(8)10/h1-3,14H,4-7,12-13H2. The van der Waals surface area contributed by atoms with Gasteiger partial charge in [-0.3, -0.25) is 0 Å². The maximum Gasteiger partial charge on any atom is 0.139 e. The minimum atomic E-state index is -0.388. The van der Waals surface area contributed by atoms with Crippen LogP contribution in [0.25, 0.3) is 0 Å². The summed E-state index contributed by atoms with van der Waals surface area (Å²) >= 11 is 0. The average molecular weight is 189 g/mol. The molecule has 74 valence electrons. The van der Waals surface area contributed by atoms with Gasteiger partial charge < -0.3 is 10.8 Å². The maximum absolute atomic E-state index is 9.22. The molecule has 1 aliphatic carbocycles. The Morgan fingerprint density at radius 3 is 3.00 bits per heavy atom. The molecule has 0 heterocycles. The van der Waals surface area contributed by atoms with Gasteiger partial charge in [-0.25, -0.2) is 0 Å². The van der Waals surface area contributed by atoms with Crippen LogP contribution >= 0.6 is 0 Å². The Morgan fingerprint density at radius 1 is 1.50 bits per heavy atom. The van der Waals surface area contributed by atoms with Crippen molar-refractivity contribution in [2.24, 2.45) is 5.73 Å². The van der Waals surface area contributed by atoms with Gasteiger partial charge in [0.15, 0.2) is 0 Å². The van der Waals surface area contributed by atoms with Gasteiger partial charge in [0, 0.05) is 5.54 Å². The third-order valence-electron chi connectivity index (χ3n) is 3.24. The Bertz CT molecular complexity index is 353. The summed E-state index contributed by atoms with van der Waals surface area (Å²) in [5.74, 6) is 0. The van der Waals surface area contributed by atoms with E-state index >= 15 is 0 Å². The van der Waals surface area contributed by atoms with Gasteiger partial charge in [-0.05, 0) is 24.8 Å². The third kappa shape index (κ3) is 1.58. The fourth-order valence-electron chi connectivity index (χ4n) is 2.26. The highest BCUT2D eigenvalue weighted by molar-refractivity contribution is 6.33. The number of aliphatic hydroxyl groups is 1. The van der Waals surface area contributed by atoms with E-state index in [0.29, 0.717) is 0 Å². The molecule has 1 aromatic carbocycles. The molecular weight excluding hydrogens is 173 g/mol. The molecule has 0 spiro atoms. The van der Waals surface area contributed by atoms with Crippen LogP contribution in [0, 0.1) is 0 Å². The van der Waals surface area contributed by atoms with Crippen LogP contribution in [0.5, 0.6) is 0 Å². The van der Waals surface area contributed by atoms with E-state index in [9.17, 15) is 5.11 Å². The van der Waals surface area contributed by atoms with Crippen molar-refractivity contribution in [3.05, 3.63) is 29.3 Å². The summed E-state index contributed by atoms with van der Waals surface area (Å²) in [6.07, 6.45) is 2.70. The zero-order chi connectivity index (χ0) is 10.2. The molecule has 1 aromatic rings. The second-order valence-corrected chi connectivity index (χ2v) is 4.41. The Hall–Kier alpha value is -0.795. The van der Waals surface area contributed by atoms with E-state index in [4.69, 9.17) is 5.73 Å². The zero-order valence-corrected chi connectivity index (χ0v) is 8.59. The molecule has 14 heavy (non-hydrogen) atoms. The molecule has 0 saturated carbocycles. The Kier molecular flexibility index (Phi) is 2.37. The van der Waals surface area contributed by atoms with E-state index in [1.807, 2.05) is 0 Å². The van der Waals surface area contributed by atoms with Crippen molar-refractivity contribution in [1.29, 1.82) is 0 Å². The maximum atomic E-state index is 9.22. The van der Waals surface area contributed by atoms with Gasteiger partial charge in [0.05, 0.1) is 6.61 Å². The van der Waals surface area contributed by atoms with Crippen molar-refractivity contribution in [3.63, 3.8) is 0 Å². The summed E-state index contributed by atoms with van der Waals surface area (Å²) in [7, 11) is 2.14. The van der Waals surface area contributed by atoms with Gasteiger partial charge in [0.25, 0.3) is 0 Å². The lowest BCUT2D eigenvalue weighted by atomic mass is 9.74. The molecule has 1 atom stereocenters. The third-order valence-corrected chi connectivity index (χ3v) is 3.24. The summed E-state index contributed by atoms with van der Waals surface area (Å²) in [5, 5.41) is 9.22. The van der Waals surface area contributed by atoms with E-state index in [2.05, 4.69) is 26.0 Å². The molecule has 2 rings (SSSR count). The number of benzene rings is 1. The number of nitrogens with two attached hydrogens (primary N) is 1. The topological polar surface area (TPSA) is 46.2 Å². The molecule has 0 aromatic heterocycles. The Labute approximate surface area is 85.5 Å². The molecular formula is C11H16BNO. The van der Waals surface area contributed by atoms with Crippen molar-refractivity contribution in [1.82, 2.24) is 0 Å². The Balaban J connectivity index is 2.36. The molecule has 0 fully saturated rings. The highest BCUT2D eigenvalue weighted by Gasteiger charge is 2.29. The summed E-state index contributed by atoms with van der Waals surface area (Å²) in [6, 6.07) is 6.33. The zero-order valence-electron chi connectivity index (χ0n) is 8.59. The second kappa shape index (κ2) is 3.41. The molecule has 1 unspecified atom stereocenters. The Morgan fingerprint density at radius 2 is 2.29 bits per heavy atom. The quantitative estimate of drug-likeness (QED) is 0.564. The number of fused-ring (bicyclic) bond motifs is 1. The van der Waals surface area contributed by atoms with Crippen molar-refractivity contribution in [2.45, 2.75) is 24.8 Å². The van der Waals surface area contributed by atoms with Crippen molar-refractivity contribution in [2.75, 3.05) is 6.61 Å². The predicted octanol–water partition coefficient (Wildman–Crippen LogP) is -0.876. The van der Waals surface area contributed by atoms with Crippen LogP contribution in [0.2, 0.25) is 0 Å². The SMILES string of the molecule is Bc1cccc2c1CCC(N)(CO)C2. The summed E-state index contributed by atoms with van der Waals surface area (Å²) in [5.41, 5.74) is 9.78. The number of aliphatic hydroxyl groups excluding tert-OH is 1. The van der Waals surface area contributed by atoms with Crippen LogP contribution < -0.4 is 11.2 Å². The number of hydrogen-bond donors (Lipinski definition) is 2. The van der Waals surface area contributed by atoms with E-state index in [-0.39, 0.29) is 12.1 Å². The van der Waals surface area contributed by atoms with Crippen LogP contribution in [-0.2, 0) is 12.8 Å². The van der Waals surface area contributed by atoms with Crippen LogP contribution in [0.4, 0.5) is 0 Å². The second-order valence-electron chi connectivity index (χ2n) is 4.41. The first-order valence-electron chi connectivity index (χ1n) is 5.12. The van der Waals surface area contributed by atoms with Crippen LogP contribution in [0.15, 0.2) is 18.2 Å². The highest BCUT2D eigenvalue weighted by atomic mass is 16.3. The van der Waals surface area contributed by atoms with Crippen LogP contribution in [-0.4, -0.2) is 25.1 Å². The van der Waals surface area contributed by atoms with Crippen molar-refractivity contribution < 1.29 is 5.11 Å². The normalized spacial score (nSPS) is 25.9. The lowest BCUT2D eigenvalue weighted by molar-refractivity contribution is 0.181. The van der Waals surface area contributed by atoms with Gasteiger partial charge in [-0.2, -0.15) is 0 Å². The highest BCUT2D eigenvalue weighted by Crippen LogP contribution is 2.25. The van der Waals surface area contributed by atoms with Gasteiger partial charge in [-0.15, -0.1) is 0 Å². The van der Waals surface area contributed by atoms with Gasteiger partial charge in [0.1, 0.15) is 7.85 Å². The molecule has 0 saturated heterocycles. The molecule has 0 amide bonds. The van der Waals surface area contributed by atoms with Crippen molar-refractivity contribution in [3.8, 4) is 0 Å². The fraction of sp³-hybridized carbons (Fsp3) is 0.455. The van der Waals surface area contributed by atoms with E-state index in [1.54, 1.807) is 0 Å². The van der Waals surface area contributed by atoms with Gasteiger partial charge in [-0.1, -0.05) is 29.2 Å².